The van der Waals surface area contributed by atoms with Crippen molar-refractivity contribution in [2.24, 2.45) is 0 Å². The molecule has 1 saturated heterocycles. The third-order valence-electron chi connectivity index (χ3n) is 3.28. The number of nitrogens with zero attached hydrogens (tertiary/aromatic N) is 2. The number of nitrogens with two attached hydrogens (primary N) is 1. The van der Waals surface area contributed by atoms with Crippen LogP contribution >= 0.6 is 11.8 Å². The molecule has 18 heavy (non-hydrogen) atoms. The quantitative estimate of drug-likeness (QED) is 0.851. The molecule has 0 radical (unpaired) electrons. The van der Waals surface area contributed by atoms with Gasteiger partial charge in [0.2, 0.25) is 5.91 Å². The molecule has 2 heterocycles. The van der Waals surface area contributed by atoms with Gasteiger partial charge >= 0.3 is 0 Å². The number of hydrogen-bond acceptors (Lipinski definition) is 4. The molecule has 1 aromatic heterocycles. The predicted molar refractivity (Wildman–Crippen MR) is 74.4 cm³/mol. The Morgan fingerprint density at radius 3 is 3.17 bits per heavy atom. The highest BCUT2D eigenvalue weighted by atomic mass is 32.2. The molecule has 1 fully saturated rings. The molecule has 1 aliphatic rings. The fraction of sp³-hybridized carbons (Fsp3) is 0.538. The molecule has 5 heteroatoms. The van der Waals surface area contributed by atoms with Gasteiger partial charge in [-0.25, -0.2) is 0 Å². The number of anilines is 1. The van der Waals surface area contributed by atoms with Gasteiger partial charge < -0.3 is 10.6 Å². The van der Waals surface area contributed by atoms with E-state index >= 15 is 0 Å². The predicted octanol–water partition coefficient (Wildman–Crippen LogP) is 2.16. The van der Waals surface area contributed by atoms with Gasteiger partial charge in [-0.05, 0) is 32.3 Å². The van der Waals surface area contributed by atoms with E-state index < -0.39 is 0 Å². The number of thioether (sulfide) groups is 1. The molecule has 1 amide bonds. The van der Waals surface area contributed by atoms with E-state index in [9.17, 15) is 4.79 Å². The van der Waals surface area contributed by atoms with Crippen LogP contribution in [0.25, 0.3) is 0 Å². The molecule has 2 rings (SSSR count). The van der Waals surface area contributed by atoms with Gasteiger partial charge in [0.05, 0.1) is 17.6 Å². The maximum Gasteiger partial charge on any atom is 0.233 e. The Bertz CT molecular complexity index is 424. The second-order valence-corrected chi connectivity index (χ2v) is 5.65. The maximum atomic E-state index is 12.1. The second-order valence-electron chi connectivity index (χ2n) is 4.63. The van der Waals surface area contributed by atoms with Crippen molar-refractivity contribution in [3.8, 4) is 0 Å². The first-order chi connectivity index (χ1) is 8.68. The van der Waals surface area contributed by atoms with Crippen molar-refractivity contribution in [2.45, 2.75) is 37.1 Å². The summed E-state index contributed by atoms with van der Waals surface area (Å²) in [4.78, 5) is 19.0. The lowest BCUT2D eigenvalue weighted by atomic mass is 10.0. The number of piperidine rings is 1. The van der Waals surface area contributed by atoms with Crippen molar-refractivity contribution in [2.75, 3.05) is 18.0 Å². The van der Waals surface area contributed by atoms with Crippen molar-refractivity contribution in [1.29, 1.82) is 0 Å². The summed E-state index contributed by atoms with van der Waals surface area (Å²) in [5, 5.41) is 0. The topological polar surface area (TPSA) is 59.2 Å². The Kier molecular flexibility index (Phi) is 4.47. The zero-order chi connectivity index (χ0) is 13.0. The van der Waals surface area contributed by atoms with E-state index in [0.29, 0.717) is 17.5 Å². The number of amides is 1. The van der Waals surface area contributed by atoms with Crippen LogP contribution in [0, 0.1) is 0 Å². The summed E-state index contributed by atoms with van der Waals surface area (Å²) in [6, 6.07) is 2.23. The van der Waals surface area contributed by atoms with Crippen LogP contribution < -0.4 is 5.73 Å². The molecule has 0 spiro atoms. The SMILES string of the molecule is CC1CCCCN1C(=O)CSc1ccncc1N. The normalized spacial score (nSPS) is 19.8. The average Bonchev–Trinajstić information content (AvgIpc) is 2.38. The monoisotopic (exact) mass is 265 g/mol. The minimum Gasteiger partial charge on any atom is -0.397 e. The van der Waals surface area contributed by atoms with Gasteiger partial charge in [0.1, 0.15) is 0 Å². The first-order valence-corrected chi connectivity index (χ1v) is 7.29. The molecule has 1 aliphatic heterocycles. The van der Waals surface area contributed by atoms with Crippen molar-refractivity contribution >= 4 is 23.4 Å². The van der Waals surface area contributed by atoms with E-state index in [0.717, 1.165) is 24.3 Å². The third kappa shape index (κ3) is 3.16. The fourth-order valence-corrected chi connectivity index (χ4v) is 3.04. The average molecular weight is 265 g/mol. The fourth-order valence-electron chi connectivity index (χ4n) is 2.22. The number of nitrogen functional groups attached to an aromatic ring is 1. The number of rotatable bonds is 3. The zero-order valence-corrected chi connectivity index (χ0v) is 11.4. The van der Waals surface area contributed by atoms with Gasteiger partial charge in [-0.3, -0.25) is 9.78 Å². The number of carbonyl (C=O) groups excluding carboxylic acids is 1. The lowest BCUT2D eigenvalue weighted by Crippen LogP contribution is -2.42. The van der Waals surface area contributed by atoms with Crippen LogP contribution in [0.1, 0.15) is 26.2 Å². The molecule has 0 bridgehead atoms. The smallest absolute Gasteiger partial charge is 0.233 e. The lowest BCUT2D eigenvalue weighted by molar-refractivity contribution is -0.131. The van der Waals surface area contributed by atoms with Gasteiger partial charge in [-0.15, -0.1) is 11.8 Å². The minimum absolute atomic E-state index is 0.211. The van der Waals surface area contributed by atoms with Crippen LogP contribution in [-0.4, -0.2) is 34.1 Å². The Labute approximate surface area is 112 Å². The number of carbonyl (C=O) groups is 1. The molecular weight excluding hydrogens is 246 g/mol. The number of hydrogen-bond donors (Lipinski definition) is 1. The van der Waals surface area contributed by atoms with E-state index in [1.54, 1.807) is 12.4 Å². The van der Waals surface area contributed by atoms with Crippen molar-refractivity contribution in [1.82, 2.24) is 9.88 Å². The summed E-state index contributed by atoms with van der Waals surface area (Å²) >= 11 is 1.49. The highest BCUT2D eigenvalue weighted by Crippen LogP contribution is 2.25. The standard InChI is InChI=1S/C13H19N3OS/c1-10-4-2-3-7-16(10)13(17)9-18-12-5-6-15-8-11(12)14/h5-6,8,10H,2-4,7,9,14H2,1H3. The summed E-state index contributed by atoms with van der Waals surface area (Å²) in [7, 11) is 0. The molecule has 0 saturated carbocycles. The highest BCUT2D eigenvalue weighted by molar-refractivity contribution is 8.00. The van der Waals surface area contributed by atoms with Crippen LogP contribution in [0.4, 0.5) is 5.69 Å². The highest BCUT2D eigenvalue weighted by Gasteiger charge is 2.22. The van der Waals surface area contributed by atoms with E-state index in [1.807, 2.05) is 11.0 Å². The molecule has 98 valence electrons. The second kappa shape index (κ2) is 6.09. The van der Waals surface area contributed by atoms with Gasteiger partial charge in [0, 0.05) is 23.7 Å². The first-order valence-electron chi connectivity index (χ1n) is 6.30. The molecular formula is C13H19N3OS. The van der Waals surface area contributed by atoms with Crippen LogP contribution in [0.15, 0.2) is 23.4 Å². The van der Waals surface area contributed by atoms with Crippen LogP contribution in [0.3, 0.4) is 0 Å². The van der Waals surface area contributed by atoms with Gasteiger partial charge in [-0.2, -0.15) is 0 Å². The van der Waals surface area contributed by atoms with Crippen LogP contribution in [0.5, 0.6) is 0 Å². The summed E-state index contributed by atoms with van der Waals surface area (Å²) < 4.78 is 0. The number of likely N-dealkylation sites (tertiary alicyclic amines) is 1. The molecule has 4 nitrogen and oxygen atoms in total. The summed E-state index contributed by atoms with van der Waals surface area (Å²) in [6.07, 6.45) is 6.80. The van der Waals surface area contributed by atoms with Gasteiger partial charge in [0.15, 0.2) is 0 Å². The Morgan fingerprint density at radius 1 is 1.61 bits per heavy atom. The van der Waals surface area contributed by atoms with E-state index in [1.165, 1.54) is 18.2 Å². The van der Waals surface area contributed by atoms with Crippen LogP contribution in [0.2, 0.25) is 0 Å². The number of aromatic nitrogens is 1. The maximum absolute atomic E-state index is 12.1. The van der Waals surface area contributed by atoms with Crippen molar-refractivity contribution in [3.05, 3.63) is 18.5 Å². The molecule has 1 atom stereocenters. The van der Waals surface area contributed by atoms with Gasteiger partial charge in [0.25, 0.3) is 0 Å². The molecule has 0 aliphatic carbocycles. The van der Waals surface area contributed by atoms with Gasteiger partial charge in [-0.1, -0.05) is 0 Å². The van der Waals surface area contributed by atoms with E-state index in [-0.39, 0.29) is 5.91 Å². The Hall–Kier alpha value is -1.23. The Morgan fingerprint density at radius 2 is 2.44 bits per heavy atom. The van der Waals surface area contributed by atoms with Crippen molar-refractivity contribution < 1.29 is 4.79 Å². The summed E-state index contributed by atoms with van der Waals surface area (Å²) in [5.74, 6) is 0.668. The molecule has 1 aromatic rings. The zero-order valence-electron chi connectivity index (χ0n) is 10.6. The lowest BCUT2D eigenvalue weighted by Gasteiger charge is -2.33. The summed E-state index contributed by atoms with van der Waals surface area (Å²) in [6.45, 7) is 3.02. The largest absolute Gasteiger partial charge is 0.397 e. The van der Waals surface area contributed by atoms with Crippen molar-refractivity contribution in [3.63, 3.8) is 0 Å². The summed E-state index contributed by atoms with van der Waals surface area (Å²) in [5.41, 5.74) is 6.45. The van der Waals surface area contributed by atoms with Crippen LogP contribution in [-0.2, 0) is 4.79 Å². The van der Waals surface area contributed by atoms with E-state index in [2.05, 4.69) is 11.9 Å². The third-order valence-corrected chi connectivity index (χ3v) is 4.36. The minimum atomic E-state index is 0.211. The molecule has 0 aromatic carbocycles. The Balaban J connectivity index is 1.90. The first kappa shape index (κ1) is 13.2. The number of pyridine rings is 1. The van der Waals surface area contributed by atoms with E-state index in [4.69, 9.17) is 5.73 Å². The molecule has 1 unspecified atom stereocenters. The molecule has 2 N–H and O–H groups in total.